The van der Waals surface area contributed by atoms with Crippen LogP contribution in [-0.4, -0.2) is 73.6 Å². The highest BCUT2D eigenvalue weighted by atomic mass is 32.2. The molecule has 39 heavy (non-hydrogen) atoms. The van der Waals surface area contributed by atoms with Gasteiger partial charge in [-0.3, -0.25) is 14.5 Å². The highest BCUT2D eigenvalue weighted by Gasteiger charge is 2.28. The average Bonchev–Trinajstić information content (AvgIpc) is 3.49. The smallest absolute Gasteiger partial charge is 0.255 e. The number of carbonyl (C=O) groups is 2. The third-order valence-electron chi connectivity index (χ3n) is 7.41. The van der Waals surface area contributed by atoms with E-state index in [0.717, 1.165) is 37.1 Å². The van der Waals surface area contributed by atoms with Crippen LogP contribution in [0.25, 0.3) is 0 Å². The Balaban J connectivity index is 1.16. The Hall–Kier alpha value is -3.53. The van der Waals surface area contributed by atoms with Crippen LogP contribution in [0.1, 0.15) is 44.7 Å². The van der Waals surface area contributed by atoms with E-state index in [1.54, 1.807) is 40.7 Å². The summed E-state index contributed by atoms with van der Waals surface area (Å²) in [7, 11) is -3.49. The Morgan fingerprint density at radius 1 is 0.795 bits per heavy atom. The summed E-state index contributed by atoms with van der Waals surface area (Å²) >= 11 is 0. The molecule has 2 saturated heterocycles. The Kier molecular flexibility index (Phi) is 8.11. The first-order chi connectivity index (χ1) is 18.8. The third-order valence-corrected chi connectivity index (χ3v) is 9.32. The lowest BCUT2D eigenvalue weighted by Crippen LogP contribution is -2.48. The number of nitrogens with one attached hydrogen (secondary N) is 1. The van der Waals surface area contributed by atoms with E-state index < -0.39 is 10.0 Å². The second-order valence-corrected chi connectivity index (χ2v) is 12.1. The van der Waals surface area contributed by atoms with Gasteiger partial charge in [-0.15, -0.1) is 0 Å². The molecule has 1 N–H and O–H groups in total. The van der Waals surface area contributed by atoms with E-state index in [1.807, 2.05) is 48.2 Å². The summed E-state index contributed by atoms with van der Waals surface area (Å²) in [5, 5.41) is 2.91. The standard InChI is InChI=1S/C30H34N4O4S/c1-23-8-14-26(15-9-23)39(37,38)34-20-18-32(19-21-34)22-24-10-12-25(13-11-24)29(35)31-28-7-3-2-6-27(28)30(36)33-16-4-5-17-33/h2-3,6-15H,4-5,16-22H2,1H3,(H,31,35). The van der Waals surface area contributed by atoms with Crippen LogP contribution in [0.2, 0.25) is 0 Å². The summed E-state index contributed by atoms with van der Waals surface area (Å²) in [6.07, 6.45) is 2.02. The monoisotopic (exact) mass is 546 g/mol. The van der Waals surface area contributed by atoms with E-state index in [2.05, 4.69) is 10.2 Å². The maximum Gasteiger partial charge on any atom is 0.255 e. The van der Waals surface area contributed by atoms with Gasteiger partial charge in [-0.2, -0.15) is 4.31 Å². The highest BCUT2D eigenvalue weighted by molar-refractivity contribution is 7.89. The molecule has 0 aromatic heterocycles. The van der Waals surface area contributed by atoms with Crippen molar-refractivity contribution in [3.05, 3.63) is 95.1 Å². The Morgan fingerprint density at radius 2 is 1.44 bits per heavy atom. The van der Waals surface area contributed by atoms with Gasteiger partial charge in [0, 0.05) is 51.4 Å². The van der Waals surface area contributed by atoms with Crippen LogP contribution in [0.3, 0.4) is 0 Å². The van der Waals surface area contributed by atoms with Gasteiger partial charge in [-0.1, -0.05) is 42.0 Å². The second-order valence-electron chi connectivity index (χ2n) is 10.2. The predicted molar refractivity (Wildman–Crippen MR) is 151 cm³/mol. The van der Waals surface area contributed by atoms with E-state index in [1.165, 1.54) is 0 Å². The third kappa shape index (κ3) is 6.21. The maximum absolute atomic E-state index is 13.0. The minimum atomic E-state index is -3.49. The van der Waals surface area contributed by atoms with Gasteiger partial charge in [0.1, 0.15) is 0 Å². The number of hydrogen-bond acceptors (Lipinski definition) is 5. The number of carbonyl (C=O) groups excluding carboxylic acids is 2. The van der Waals surface area contributed by atoms with Crippen molar-refractivity contribution in [1.29, 1.82) is 0 Å². The number of sulfonamides is 1. The van der Waals surface area contributed by atoms with Crippen LogP contribution in [0.5, 0.6) is 0 Å². The molecule has 9 heteroatoms. The van der Waals surface area contributed by atoms with E-state index in [0.29, 0.717) is 54.4 Å². The number of amides is 2. The van der Waals surface area contributed by atoms with Crippen molar-refractivity contribution >= 4 is 27.5 Å². The molecule has 2 aliphatic heterocycles. The number of nitrogens with zero attached hydrogens (tertiary/aromatic N) is 3. The Bertz CT molecular complexity index is 1420. The quantitative estimate of drug-likeness (QED) is 0.484. The van der Waals surface area contributed by atoms with Crippen LogP contribution in [-0.2, 0) is 16.6 Å². The molecule has 0 bridgehead atoms. The summed E-state index contributed by atoms with van der Waals surface area (Å²) in [4.78, 5) is 30.3. The second kappa shape index (κ2) is 11.7. The molecule has 3 aromatic rings. The molecule has 2 amide bonds. The molecule has 2 aliphatic rings. The van der Waals surface area contributed by atoms with Gasteiger partial charge in [-0.25, -0.2) is 8.42 Å². The molecule has 2 heterocycles. The van der Waals surface area contributed by atoms with Crippen molar-refractivity contribution in [2.24, 2.45) is 0 Å². The topological polar surface area (TPSA) is 90.0 Å². The number of anilines is 1. The Labute approximate surface area is 230 Å². The highest BCUT2D eigenvalue weighted by Crippen LogP contribution is 2.22. The molecule has 0 radical (unpaired) electrons. The lowest BCUT2D eigenvalue weighted by atomic mass is 10.1. The summed E-state index contributed by atoms with van der Waals surface area (Å²) in [6.45, 7) is 6.25. The SMILES string of the molecule is Cc1ccc(S(=O)(=O)N2CCN(Cc3ccc(C(=O)Nc4ccccc4C(=O)N4CCCC4)cc3)CC2)cc1. The van der Waals surface area contributed by atoms with E-state index >= 15 is 0 Å². The van der Waals surface area contributed by atoms with E-state index in [4.69, 9.17) is 0 Å². The van der Waals surface area contributed by atoms with Gasteiger partial charge in [0.2, 0.25) is 10.0 Å². The molecule has 204 valence electrons. The van der Waals surface area contributed by atoms with Gasteiger partial charge >= 0.3 is 0 Å². The molecule has 0 spiro atoms. The Morgan fingerprint density at radius 3 is 2.10 bits per heavy atom. The van der Waals surface area contributed by atoms with Gasteiger partial charge in [-0.05, 0) is 61.7 Å². The van der Waals surface area contributed by atoms with Crippen LogP contribution in [0.15, 0.2) is 77.7 Å². The average molecular weight is 547 g/mol. The number of hydrogen-bond donors (Lipinski definition) is 1. The van der Waals surface area contributed by atoms with Crippen LogP contribution in [0, 0.1) is 6.92 Å². The number of rotatable bonds is 7. The predicted octanol–water partition coefficient (Wildman–Crippen LogP) is 3.99. The molecule has 5 rings (SSSR count). The molecule has 3 aromatic carbocycles. The van der Waals surface area contributed by atoms with Gasteiger partial charge in [0.15, 0.2) is 0 Å². The first kappa shape index (κ1) is 27.1. The number of likely N-dealkylation sites (tertiary alicyclic amines) is 1. The number of aryl methyl sites for hydroxylation is 1. The zero-order valence-electron chi connectivity index (χ0n) is 22.2. The lowest BCUT2D eigenvalue weighted by Gasteiger charge is -2.34. The largest absolute Gasteiger partial charge is 0.339 e. The summed E-state index contributed by atoms with van der Waals surface area (Å²) in [6, 6.07) is 21.5. The fraction of sp³-hybridized carbons (Fsp3) is 0.333. The zero-order valence-corrected chi connectivity index (χ0v) is 23.0. The fourth-order valence-corrected chi connectivity index (χ4v) is 6.49. The first-order valence-electron chi connectivity index (χ1n) is 13.4. The molecule has 0 aliphatic carbocycles. The van der Waals surface area contributed by atoms with Crippen molar-refractivity contribution in [1.82, 2.24) is 14.1 Å². The van der Waals surface area contributed by atoms with Gasteiger partial charge in [0.25, 0.3) is 11.8 Å². The molecular weight excluding hydrogens is 512 g/mol. The number of piperazine rings is 1. The maximum atomic E-state index is 13.0. The van der Waals surface area contributed by atoms with Crippen molar-refractivity contribution in [3.8, 4) is 0 Å². The van der Waals surface area contributed by atoms with Crippen molar-refractivity contribution in [3.63, 3.8) is 0 Å². The van der Waals surface area contributed by atoms with Gasteiger partial charge < -0.3 is 10.2 Å². The molecule has 0 atom stereocenters. The molecule has 8 nitrogen and oxygen atoms in total. The normalized spacial score (nSPS) is 16.8. The summed E-state index contributed by atoms with van der Waals surface area (Å²) in [5.41, 5.74) is 3.61. The molecule has 0 unspecified atom stereocenters. The van der Waals surface area contributed by atoms with Crippen molar-refractivity contribution in [2.45, 2.75) is 31.2 Å². The van der Waals surface area contributed by atoms with Crippen LogP contribution < -0.4 is 5.32 Å². The molecule has 0 saturated carbocycles. The number of benzene rings is 3. The molecule has 2 fully saturated rings. The van der Waals surface area contributed by atoms with E-state index in [-0.39, 0.29) is 11.8 Å². The molecular formula is C30H34N4O4S. The fourth-order valence-electron chi connectivity index (χ4n) is 5.07. The first-order valence-corrected chi connectivity index (χ1v) is 14.8. The summed E-state index contributed by atoms with van der Waals surface area (Å²) in [5.74, 6) is -0.316. The van der Waals surface area contributed by atoms with Crippen LogP contribution >= 0.6 is 0 Å². The van der Waals surface area contributed by atoms with Crippen LogP contribution in [0.4, 0.5) is 5.69 Å². The van der Waals surface area contributed by atoms with Crippen molar-refractivity contribution < 1.29 is 18.0 Å². The number of para-hydroxylation sites is 1. The van der Waals surface area contributed by atoms with Crippen molar-refractivity contribution in [2.75, 3.05) is 44.6 Å². The summed E-state index contributed by atoms with van der Waals surface area (Å²) < 4.78 is 27.5. The van der Waals surface area contributed by atoms with Gasteiger partial charge in [0.05, 0.1) is 16.1 Å². The lowest BCUT2D eigenvalue weighted by molar-refractivity contribution is 0.0794. The minimum absolute atomic E-state index is 0.0505. The van der Waals surface area contributed by atoms with E-state index in [9.17, 15) is 18.0 Å². The zero-order chi connectivity index (χ0) is 27.4. The minimum Gasteiger partial charge on any atom is -0.339 e.